The zero-order chi connectivity index (χ0) is 10.6. The summed E-state index contributed by atoms with van der Waals surface area (Å²) in [5, 5.41) is 0. The fraction of sp³-hybridized carbons (Fsp3) is 0.846. The molecule has 1 atom stereocenters. The molecule has 0 nitrogen and oxygen atoms in total. The van der Waals surface area contributed by atoms with Gasteiger partial charge in [0, 0.05) is 0 Å². The van der Waals surface area contributed by atoms with Gasteiger partial charge in [0.05, 0.1) is 0 Å². The number of allylic oxidation sites excluding steroid dienone is 1. The minimum atomic E-state index is 0.336. The first-order valence-electron chi connectivity index (χ1n) is 5.52. The van der Waals surface area contributed by atoms with Gasteiger partial charge in [-0.3, -0.25) is 0 Å². The second-order valence-corrected chi connectivity index (χ2v) is 5.13. The molecule has 1 unspecified atom stereocenters. The molecule has 0 N–H and O–H groups in total. The molecule has 13 heavy (non-hydrogen) atoms. The molecule has 0 saturated carbocycles. The Hall–Kier alpha value is -0.260. The van der Waals surface area contributed by atoms with Crippen LogP contribution < -0.4 is 0 Å². The van der Waals surface area contributed by atoms with Crippen LogP contribution in [0.15, 0.2) is 12.2 Å². The molecule has 0 aliphatic rings. The molecule has 0 aromatic carbocycles. The second kappa shape index (κ2) is 4.83. The van der Waals surface area contributed by atoms with Crippen LogP contribution in [0.2, 0.25) is 0 Å². The molecule has 0 heteroatoms. The molecular formula is C13H26. The lowest BCUT2D eigenvalue weighted by atomic mass is 9.68. The Kier molecular flexibility index (Phi) is 4.74. The number of rotatable bonds is 5. The molecule has 0 spiro atoms. The molecule has 0 aliphatic carbocycles. The van der Waals surface area contributed by atoms with Crippen LogP contribution in [0.1, 0.15) is 54.4 Å². The quantitative estimate of drug-likeness (QED) is 0.542. The largest absolute Gasteiger partial charge is 0.0993 e. The van der Waals surface area contributed by atoms with Crippen LogP contribution in [0.25, 0.3) is 0 Å². The summed E-state index contributed by atoms with van der Waals surface area (Å²) in [6.45, 7) is 18.0. The average Bonchev–Trinajstić information content (AvgIpc) is 2.01. The molecule has 0 amide bonds. The van der Waals surface area contributed by atoms with Crippen molar-refractivity contribution in [1.29, 1.82) is 0 Å². The Bertz CT molecular complexity index is 165. The summed E-state index contributed by atoms with van der Waals surface area (Å²) in [6.07, 6.45) is 2.37. The van der Waals surface area contributed by atoms with E-state index in [1.54, 1.807) is 0 Å². The summed E-state index contributed by atoms with van der Waals surface area (Å²) in [6, 6.07) is 0. The van der Waals surface area contributed by atoms with Gasteiger partial charge < -0.3 is 0 Å². The van der Waals surface area contributed by atoms with Crippen molar-refractivity contribution in [2.45, 2.75) is 54.4 Å². The van der Waals surface area contributed by atoms with Gasteiger partial charge in [-0.05, 0) is 30.1 Å². The maximum atomic E-state index is 4.22. The van der Waals surface area contributed by atoms with E-state index in [9.17, 15) is 0 Å². The van der Waals surface area contributed by atoms with E-state index in [1.807, 2.05) is 0 Å². The van der Waals surface area contributed by atoms with Crippen LogP contribution in [0, 0.1) is 17.3 Å². The van der Waals surface area contributed by atoms with Gasteiger partial charge in [-0.15, -0.1) is 0 Å². The van der Waals surface area contributed by atoms with Crippen LogP contribution >= 0.6 is 0 Å². The summed E-state index contributed by atoms with van der Waals surface area (Å²) in [5.74, 6) is 1.46. The molecular weight excluding hydrogens is 156 g/mol. The van der Waals surface area contributed by atoms with Crippen molar-refractivity contribution in [3.63, 3.8) is 0 Å². The molecule has 0 aromatic rings. The van der Waals surface area contributed by atoms with Gasteiger partial charge in [0.1, 0.15) is 0 Å². The SMILES string of the molecule is C=C(CC)C(C)(CC(C)C)C(C)C. The highest BCUT2D eigenvalue weighted by Gasteiger charge is 2.30. The van der Waals surface area contributed by atoms with Crippen molar-refractivity contribution >= 4 is 0 Å². The smallest absolute Gasteiger partial charge is 0.00938 e. The van der Waals surface area contributed by atoms with Crippen LogP contribution in [-0.4, -0.2) is 0 Å². The van der Waals surface area contributed by atoms with Crippen molar-refractivity contribution in [1.82, 2.24) is 0 Å². The third-order valence-corrected chi connectivity index (χ3v) is 3.34. The van der Waals surface area contributed by atoms with E-state index in [4.69, 9.17) is 0 Å². The molecule has 0 radical (unpaired) electrons. The first-order chi connectivity index (χ1) is 5.84. The van der Waals surface area contributed by atoms with Gasteiger partial charge in [-0.1, -0.05) is 53.7 Å². The summed E-state index contributed by atoms with van der Waals surface area (Å²) in [5.41, 5.74) is 1.75. The van der Waals surface area contributed by atoms with Crippen LogP contribution in [-0.2, 0) is 0 Å². The lowest BCUT2D eigenvalue weighted by molar-refractivity contribution is 0.218. The Labute approximate surface area is 84.4 Å². The van der Waals surface area contributed by atoms with E-state index < -0.39 is 0 Å². The Morgan fingerprint density at radius 3 is 1.92 bits per heavy atom. The van der Waals surface area contributed by atoms with Crippen molar-refractivity contribution < 1.29 is 0 Å². The van der Waals surface area contributed by atoms with E-state index in [0.29, 0.717) is 11.3 Å². The zero-order valence-corrected chi connectivity index (χ0v) is 10.3. The third kappa shape index (κ3) is 3.17. The monoisotopic (exact) mass is 182 g/mol. The summed E-state index contributed by atoms with van der Waals surface area (Å²) < 4.78 is 0. The molecule has 0 saturated heterocycles. The van der Waals surface area contributed by atoms with Crippen molar-refractivity contribution in [3.05, 3.63) is 12.2 Å². The Balaban J connectivity index is 4.62. The van der Waals surface area contributed by atoms with Crippen molar-refractivity contribution in [3.8, 4) is 0 Å². The standard InChI is InChI=1S/C13H26/c1-8-12(6)13(7,11(4)5)9-10(2)3/h10-11H,6,8-9H2,1-5,7H3. The minimum absolute atomic E-state index is 0.336. The number of hydrogen-bond acceptors (Lipinski definition) is 0. The number of hydrogen-bond donors (Lipinski definition) is 0. The topological polar surface area (TPSA) is 0 Å². The molecule has 0 bridgehead atoms. The lowest BCUT2D eigenvalue weighted by Crippen LogP contribution is -2.27. The van der Waals surface area contributed by atoms with Gasteiger partial charge in [0.2, 0.25) is 0 Å². The first-order valence-corrected chi connectivity index (χ1v) is 5.52. The van der Waals surface area contributed by atoms with Gasteiger partial charge in [0.15, 0.2) is 0 Å². The predicted octanol–water partition coefficient (Wildman–Crippen LogP) is 4.66. The fourth-order valence-corrected chi connectivity index (χ4v) is 2.04. The van der Waals surface area contributed by atoms with Crippen LogP contribution in [0.3, 0.4) is 0 Å². The van der Waals surface area contributed by atoms with E-state index in [1.165, 1.54) is 12.0 Å². The van der Waals surface area contributed by atoms with Crippen molar-refractivity contribution in [2.24, 2.45) is 17.3 Å². The normalized spacial score (nSPS) is 16.3. The maximum Gasteiger partial charge on any atom is -0.00938 e. The molecule has 0 aromatic heterocycles. The predicted molar refractivity (Wildman–Crippen MR) is 61.8 cm³/mol. The summed E-state index contributed by atoms with van der Waals surface area (Å²) in [7, 11) is 0. The summed E-state index contributed by atoms with van der Waals surface area (Å²) >= 11 is 0. The zero-order valence-electron chi connectivity index (χ0n) is 10.3. The second-order valence-electron chi connectivity index (χ2n) is 5.13. The van der Waals surface area contributed by atoms with E-state index in [0.717, 1.165) is 12.3 Å². The molecule has 0 fully saturated rings. The molecule has 0 aliphatic heterocycles. The first kappa shape index (κ1) is 12.7. The minimum Gasteiger partial charge on any atom is -0.0993 e. The highest BCUT2D eigenvalue weighted by atomic mass is 14.4. The maximum absolute atomic E-state index is 4.22. The van der Waals surface area contributed by atoms with E-state index in [-0.39, 0.29) is 0 Å². The lowest BCUT2D eigenvalue weighted by Gasteiger charge is -2.37. The fourth-order valence-electron chi connectivity index (χ4n) is 2.04. The molecule has 0 heterocycles. The Morgan fingerprint density at radius 1 is 1.23 bits per heavy atom. The summed E-state index contributed by atoms with van der Waals surface area (Å²) in [4.78, 5) is 0. The van der Waals surface area contributed by atoms with Crippen LogP contribution in [0.5, 0.6) is 0 Å². The van der Waals surface area contributed by atoms with Gasteiger partial charge >= 0.3 is 0 Å². The van der Waals surface area contributed by atoms with E-state index in [2.05, 4.69) is 48.1 Å². The highest BCUT2D eigenvalue weighted by Crippen LogP contribution is 2.41. The highest BCUT2D eigenvalue weighted by molar-refractivity contribution is 5.09. The molecule has 0 rings (SSSR count). The average molecular weight is 182 g/mol. The van der Waals surface area contributed by atoms with Gasteiger partial charge in [0.25, 0.3) is 0 Å². The van der Waals surface area contributed by atoms with E-state index >= 15 is 0 Å². The van der Waals surface area contributed by atoms with Gasteiger partial charge in [-0.25, -0.2) is 0 Å². The molecule has 78 valence electrons. The Morgan fingerprint density at radius 2 is 1.69 bits per heavy atom. The van der Waals surface area contributed by atoms with Gasteiger partial charge in [-0.2, -0.15) is 0 Å². The van der Waals surface area contributed by atoms with Crippen molar-refractivity contribution in [2.75, 3.05) is 0 Å². The third-order valence-electron chi connectivity index (χ3n) is 3.34. The van der Waals surface area contributed by atoms with Crippen LogP contribution in [0.4, 0.5) is 0 Å².